The average Bonchev–Trinajstić information content (AvgIpc) is 2.23. The number of rotatable bonds is 3. The number of hydrogen-bond acceptors (Lipinski definition) is 2. The minimum absolute atomic E-state index is 0.118. The smallest absolute Gasteiger partial charge is 0.191 e. The molecule has 1 aromatic rings. The molecule has 16 heavy (non-hydrogen) atoms. The maximum absolute atomic E-state index is 11.8. The minimum atomic E-state index is -0.682. The highest BCUT2D eigenvalue weighted by Crippen LogP contribution is 2.30. The summed E-state index contributed by atoms with van der Waals surface area (Å²) in [5.41, 5.74) is 3.49. The van der Waals surface area contributed by atoms with Crippen molar-refractivity contribution in [2.24, 2.45) is 0 Å². The van der Waals surface area contributed by atoms with Crippen LogP contribution in [-0.2, 0) is 0 Å². The third-order valence-electron chi connectivity index (χ3n) is 2.69. The number of hydrogen-bond donors (Lipinski definition) is 0. The topological polar surface area (TPSA) is 26.3 Å². The molecule has 4 heteroatoms. The number of Topliss-reactive ketones (excluding diaryl/α,β-unsaturated/α-hetero) is 1. The number of alkyl halides is 2. The van der Waals surface area contributed by atoms with E-state index in [0.717, 1.165) is 22.4 Å². The summed E-state index contributed by atoms with van der Waals surface area (Å²) >= 11 is 8.83. The summed E-state index contributed by atoms with van der Waals surface area (Å²) in [4.78, 5) is 11.8. The molecule has 0 aromatic heterocycles. The van der Waals surface area contributed by atoms with E-state index in [4.69, 9.17) is 16.3 Å². The number of carbonyl (C=O) groups is 1. The van der Waals surface area contributed by atoms with Crippen LogP contribution in [0, 0.1) is 20.8 Å². The second-order valence-corrected chi connectivity index (χ2v) is 5.57. The van der Waals surface area contributed by atoms with Gasteiger partial charge in [0.1, 0.15) is 5.75 Å². The van der Waals surface area contributed by atoms with E-state index in [1.807, 2.05) is 26.8 Å². The molecule has 0 aliphatic rings. The lowest BCUT2D eigenvalue weighted by Gasteiger charge is -2.15. The average molecular weight is 306 g/mol. The molecule has 0 aliphatic heterocycles. The SMILES string of the molecule is COc1c(C)cc(C(=O)C(Cl)Br)c(C)c1C. The quantitative estimate of drug-likeness (QED) is 0.628. The Morgan fingerprint density at radius 3 is 2.38 bits per heavy atom. The van der Waals surface area contributed by atoms with Gasteiger partial charge in [-0.3, -0.25) is 4.79 Å². The molecule has 0 amide bonds. The number of halogens is 2. The Morgan fingerprint density at radius 1 is 1.38 bits per heavy atom. The summed E-state index contributed by atoms with van der Waals surface area (Å²) in [5, 5.41) is 0. The number of benzene rings is 1. The standard InChI is InChI=1S/C12H14BrClO2/c1-6-5-9(10(15)12(13)14)7(2)8(3)11(6)16-4/h5,12H,1-4H3. The number of aryl methyl sites for hydroxylation is 1. The Balaban J connectivity index is 3.40. The fourth-order valence-corrected chi connectivity index (χ4v) is 2.11. The first-order valence-corrected chi connectivity index (χ1v) is 6.22. The van der Waals surface area contributed by atoms with Gasteiger partial charge in [-0.2, -0.15) is 0 Å². The van der Waals surface area contributed by atoms with Crippen molar-refractivity contribution < 1.29 is 9.53 Å². The van der Waals surface area contributed by atoms with Crippen LogP contribution in [0.5, 0.6) is 5.75 Å². The fourth-order valence-electron chi connectivity index (χ4n) is 1.75. The lowest BCUT2D eigenvalue weighted by Crippen LogP contribution is -2.11. The van der Waals surface area contributed by atoms with Crippen LogP contribution in [0.25, 0.3) is 0 Å². The van der Waals surface area contributed by atoms with E-state index in [-0.39, 0.29) is 5.78 Å². The van der Waals surface area contributed by atoms with Gasteiger partial charge in [0.25, 0.3) is 0 Å². The summed E-state index contributed by atoms with van der Waals surface area (Å²) in [6.07, 6.45) is 0. The molecule has 0 bridgehead atoms. The number of ether oxygens (including phenoxy) is 1. The molecule has 0 heterocycles. The van der Waals surface area contributed by atoms with Gasteiger partial charge in [-0.05, 0) is 43.5 Å². The molecule has 0 aliphatic carbocycles. The van der Waals surface area contributed by atoms with Crippen LogP contribution < -0.4 is 4.74 Å². The van der Waals surface area contributed by atoms with Crippen LogP contribution in [-0.4, -0.2) is 17.2 Å². The van der Waals surface area contributed by atoms with Gasteiger partial charge in [-0.15, -0.1) is 11.6 Å². The van der Waals surface area contributed by atoms with Crippen molar-refractivity contribution in [3.05, 3.63) is 28.3 Å². The number of methoxy groups -OCH3 is 1. The third-order valence-corrected chi connectivity index (χ3v) is 3.31. The van der Waals surface area contributed by atoms with Crippen molar-refractivity contribution in [2.45, 2.75) is 25.1 Å². The monoisotopic (exact) mass is 304 g/mol. The lowest BCUT2D eigenvalue weighted by atomic mass is 9.96. The molecule has 1 rings (SSSR count). The van der Waals surface area contributed by atoms with Gasteiger partial charge < -0.3 is 4.74 Å². The maximum atomic E-state index is 11.8. The summed E-state index contributed by atoms with van der Waals surface area (Å²) in [6.45, 7) is 5.76. The van der Waals surface area contributed by atoms with E-state index in [1.54, 1.807) is 7.11 Å². The Bertz CT molecular complexity index is 428. The molecule has 1 aromatic carbocycles. The Hall–Kier alpha value is -0.540. The molecular weight excluding hydrogens is 291 g/mol. The Morgan fingerprint density at radius 2 is 1.94 bits per heavy atom. The van der Waals surface area contributed by atoms with E-state index in [9.17, 15) is 4.79 Å². The van der Waals surface area contributed by atoms with Crippen molar-refractivity contribution in [1.29, 1.82) is 0 Å². The molecule has 0 saturated heterocycles. The van der Waals surface area contributed by atoms with E-state index >= 15 is 0 Å². The summed E-state index contributed by atoms with van der Waals surface area (Å²) in [6, 6.07) is 1.82. The lowest BCUT2D eigenvalue weighted by molar-refractivity contribution is 0.101. The Labute approximate surface area is 109 Å². The highest BCUT2D eigenvalue weighted by Gasteiger charge is 2.19. The van der Waals surface area contributed by atoms with Crippen molar-refractivity contribution in [1.82, 2.24) is 0 Å². The van der Waals surface area contributed by atoms with E-state index < -0.39 is 4.29 Å². The number of carbonyl (C=O) groups excluding carboxylic acids is 1. The maximum Gasteiger partial charge on any atom is 0.191 e. The fraction of sp³-hybridized carbons (Fsp3) is 0.417. The molecule has 0 fully saturated rings. The van der Waals surface area contributed by atoms with Crippen LogP contribution in [0.3, 0.4) is 0 Å². The molecule has 1 unspecified atom stereocenters. The molecular formula is C12H14BrClO2. The Kier molecular flexibility index (Phi) is 4.39. The van der Waals surface area contributed by atoms with Gasteiger partial charge in [-0.1, -0.05) is 15.9 Å². The van der Waals surface area contributed by atoms with E-state index in [2.05, 4.69) is 15.9 Å². The van der Waals surface area contributed by atoms with Gasteiger partial charge in [0.15, 0.2) is 10.1 Å². The molecule has 0 spiro atoms. The third kappa shape index (κ3) is 2.41. The van der Waals surface area contributed by atoms with Gasteiger partial charge in [-0.25, -0.2) is 0 Å². The second kappa shape index (κ2) is 5.19. The van der Waals surface area contributed by atoms with Crippen molar-refractivity contribution >= 4 is 33.3 Å². The van der Waals surface area contributed by atoms with Gasteiger partial charge in [0, 0.05) is 5.56 Å². The predicted molar refractivity (Wildman–Crippen MR) is 70.1 cm³/mol. The van der Waals surface area contributed by atoms with Crippen LogP contribution >= 0.6 is 27.5 Å². The second-order valence-electron chi connectivity index (χ2n) is 3.69. The molecule has 0 N–H and O–H groups in total. The van der Waals surface area contributed by atoms with Crippen LogP contribution in [0.15, 0.2) is 6.07 Å². The van der Waals surface area contributed by atoms with Crippen LogP contribution in [0.1, 0.15) is 27.0 Å². The van der Waals surface area contributed by atoms with Crippen molar-refractivity contribution in [3.63, 3.8) is 0 Å². The highest BCUT2D eigenvalue weighted by atomic mass is 79.9. The van der Waals surface area contributed by atoms with Crippen LogP contribution in [0.4, 0.5) is 0 Å². The summed E-state index contributed by atoms with van der Waals surface area (Å²) in [7, 11) is 1.63. The zero-order chi connectivity index (χ0) is 12.5. The molecule has 88 valence electrons. The summed E-state index contributed by atoms with van der Waals surface area (Å²) < 4.78 is 4.61. The molecule has 1 atom stereocenters. The first-order chi connectivity index (χ1) is 7.40. The summed E-state index contributed by atoms with van der Waals surface area (Å²) in [5.74, 6) is 0.711. The molecule has 0 radical (unpaired) electrons. The predicted octanol–water partition coefficient (Wildman–Crippen LogP) is 3.76. The van der Waals surface area contributed by atoms with Gasteiger partial charge >= 0.3 is 0 Å². The first kappa shape index (κ1) is 13.5. The van der Waals surface area contributed by atoms with Gasteiger partial charge in [0.2, 0.25) is 0 Å². The van der Waals surface area contributed by atoms with Crippen molar-refractivity contribution in [3.8, 4) is 5.75 Å². The zero-order valence-electron chi connectivity index (χ0n) is 9.73. The van der Waals surface area contributed by atoms with Gasteiger partial charge in [0.05, 0.1) is 7.11 Å². The highest BCUT2D eigenvalue weighted by molar-refractivity contribution is 9.10. The van der Waals surface area contributed by atoms with E-state index in [0.29, 0.717) is 5.56 Å². The minimum Gasteiger partial charge on any atom is -0.496 e. The van der Waals surface area contributed by atoms with Crippen molar-refractivity contribution in [2.75, 3.05) is 7.11 Å². The molecule has 2 nitrogen and oxygen atoms in total. The molecule has 0 saturated carbocycles. The zero-order valence-corrected chi connectivity index (χ0v) is 12.1. The largest absolute Gasteiger partial charge is 0.496 e. The van der Waals surface area contributed by atoms with E-state index in [1.165, 1.54) is 0 Å². The number of ketones is 1. The normalized spacial score (nSPS) is 12.4. The first-order valence-electron chi connectivity index (χ1n) is 4.87. The van der Waals surface area contributed by atoms with Crippen LogP contribution in [0.2, 0.25) is 0 Å².